The Morgan fingerprint density at radius 1 is 1.53 bits per heavy atom. The number of nitrogens with two attached hydrogens (primary N) is 1. The van der Waals surface area contributed by atoms with Crippen LogP contribution in [0.2, 0.25) is 0 Å². The van der Waals surface area contributed by atoms with E-state index >= 15 is 0 Å². The molecule has 100 valence electrons. The normalized spacial score (nSPS) is 26.5. The molecule has 4 heteroatoms. The lowest BCUT2D eigenvalue weighted by atomic mass is 9.94. The van der Waals surface area contributed by atoms with Gasteiger partial charge in [0.2, 0.25) is 5.91 Å². The molecule has 0 aliphatic heterocycles. The molecule has 0 spiro atoms. The van der Waals surface area contributed by atoms with Gasteiger partial charge in [-0.25, -0.2) is 0 Å². The van der Waals surface area contributed by atoms with Crippen molar-refractivity contribution in [2.24, 2.45) is 5.73 Å². The molecule has 0 saturated heterocycles. The number of rotatable bonds is 6. The predicted molar refractivity (Wildman–Crippen MR) is 75.2 cm³/mol. The van der Waals surface area contributed by atoms with Crippen LogP contribution in [0.4, 0.5) is 0 Å². The van der Waals surface area contributed by atoms with Gasteiger partial charge >= 0.3 is 0 Å². The molecule has 0 aromatic rings. The quantitative estimate of drug-likeness (QED) is 0.768. The fourth-order valence-electron chi connectivity index (χ4n) is 2.49. The van der Waals surface area contributed by atoms with Crippen LogP contribution in [-0.2, 0) is 4.79 Å². The summed E-state index contributed by atoms with van der Waals surface area (Å²) in [6.45, 7) is 2.10. The highest BCUT2D eigenvalue weighted by molar-refractivity contribution is 7.99. The average molecular weight is 258 g/mol. The van der Waals surface area contributed by atoms with Crippen LogP contribution in [-0.4, -0.2) is 29.5 Å². The van der Waals surface area contributed by atoms with Crippen LogP contribution < -0.4 is 11.1 Å². The van der Waals surface area contributed by atoms with Gasteiger partial charge in [0.25, 0.3) is 0 Å². The minimum atomic E-state index is 0.0277. The summed E-state index contributed by atoms with van der Waals surface area (Å²) in [6, 6.07) is 0.405. The third-order valence-electron chi connectivity index (χ3n) is 3.43. The zero-order chi connectivity index (χ0) is 12.7. The van der Waals surface area contributed by atoms with Crippen LogP contribution >= 0.6 is 11.8 Å². The first-order chi connectivity index (χ1) is 8.15. The number of amides is 1. The highest BCUT2D eigenvalue weighted by atomic mass is 32.2. The lowest BCUT2D eigenvalue weighted by molar-refractivity contribution is -0.122. The van der Waals surface area contributed by atoms with E-state index in [0.717, 1.165) is 30.9 Å². The Kier molecular flexibility index (Phi) is 6.97. The van der Waals surface area contributed by atoms with Gasteiger partial charge in [0.15, 0.2) is 0 Å². The molecule has 17 heavy (non-hydrogen) atoms. The summed E-state index contributed by atoms with van der Waals surface area (Å²) in [6.07, 6.45) is 9.40. The van der Waals surface area contributed by atoms with Crippen molar-refractivity contribution in [1.29, 1.82) is 0 Å². The molecule has 1 aliphatic rings. The minimum absolute atomic E-state index is 0.0277. The predicted octanol–water partition coefficient (Wildman–Crippen LogP) is 2.29. The van der Waals surface area contributed by atoms with Gasteiger partial charge in [-0.2, -0.15) is 11.8 Å². The molecule has 1 rings (SSSR count). The van der Waals surface area contributed by atoms with Crippen molar-refractivity contribution in [3.63, 3.8) is 0 Å². The number of thioether (sulfide) groups is 1. The van der Waals surface area contributed by atoms with Crippen LogP contribution in [0, 0.1) is 0 Å². The molecule has 1 saturated carbocycles. The van der Waals surface area contributed by atoms with Crippen molar-refractivity contribution in [2.45, 2.75) is 69.2 Å². The number of nitrogens with one attached hydrogen (secondary N) is 1. The van der Waals surface area contributed by atoms with Gasteiger partial charge in [-0.05, 0) is 31.9 Å². The molecule has 1 fully saturated rings. The molecular formula is C13H26N2OS. The van der Waals surface area contributed by atoms with Gasteiger partial charge in [0.1, 0.15) is 0 Å². The Morgan fingerprint density at radius 3 is 2.94 bits per heavy atom. The maximum atomic E-state index is 11.8. The second-order valence-corrected chi connectivity index (χ2v) is 6.18. The molecule has 0 aromatic carbocycles. The van der Waals surface area contributed by atoms with Gasteiger partial charge in [0, 0.05) is 23.8 Å². The van der Waals surface area contributed by atoms with E-state index in [0.29, 0.717) is 12.5 Å². The summed E-state index contributed by atoms with van der Waals surface area (Å²) >= 11 is 1.92. The van der Waals surface area contributed by atoms with Crippen LogP contribution in [0.3, 0.4) is 0 Å². The number of hydrogen-bond donors (Lipinski definition) is 2. The van der Waals surface area contributed by atoms with Crippen molar-refractivity contribution < 1.29 is 4.79 Å². The van der Waals surface area contributed by atoms with Crippen molar-refractivity contribution in [2.75, 3.05) is 6.26 Å². The van der Waals surface area contributed by atoms with Crippen molar-refractivity contribution in [1.82, 2.24) is 5.32 Å². The molecule has 0 aromatic heterocycles. The van der Waals surface area contributed by atoms with Gasteiger partial charge in [-0.1, -0.05) is 19.8 Å². The van der Waals surface area contributed by atoms with E-state index in [2.05, 4.69) is 18.5 Å². The first-order valence-electron chi connectivity index (χ1n) is 6.73. The monoisotopic (exact) mass is 258 g/mol. The second-order valence-electron chi connectivity index (χ2n) is 5.04. The van der Waals surface area contributed by atoms with Crippen molar-refractivity contribution >= 4 is 17.7 Å². The van der Waals surface area contributed by atoms with E-state index in [-0.39, 0.29) is 11.9 Å². The maximum absolute atomic E-state index is 11.8. The van der Waals surface area contributed by atoms with Gasteiger partial charge in [0.05, 0.1) is 0 Å². The fraction of sp³-hybridized carbons (Fsp3) is 0.923. The molecule has 3 N–H and O–H groups in total. The average Bonchev–Trinajstić information content (AvgIpc) is 2.29. The Hall–Kier alpha value is -0.220. The highest BCUT2D eigenvalue weighted by Crippen LogP contribution is 2.26. The van der Waals surface area contributed by atoms with Crippen LogP contribution in [0.15, 0.2) is 0 Å². The second kappa shape index (κ2) is 7.98. The Labute approximate surface area is 109 Å². The number of carbonyl (C=O) groups is 1. The summed E-state index contributed by atoms with van der Waals surface area (Å²) in [5, 5.41) is 3.86. The van der Waals surface area contributed by atoms with Gasteiger partial charge < -0.3 is 11.1 Å². The molecule has 3 atom stereocenters. The van der Waals surface area contributed by atoms with E-state index in [1.165, 1.54) is 12.8 Å². The van der Waals surface area contributed by atoms with E-state index in [1.807, 2.05) is 11.8 Å². The largest absolute Gasteiger partial charge is 0.353 e. The molecule has 0 bridgehead atoms. The number of carbonyl (C=O) groups excluding carboxylic acids is 1. The van der Waals surface area contributed by atoms with Gasteiger partial charge in [-0.15, -0.1) is 0 Å². The molecule has 3 unspecified atom stereocenters. The zero-order valence-corrected chi connectivity index (χ0v) is 11.9. The van der Waals surface area contributed by atoms with Crippen LogP contribution in [0.25, 0.3) is 0 Å². The molecule has 0 heterocycles. The summed E-state index contributed by atoms with van der Waals surface area (Å²) in [5.41, 5.74) is 5.88. The first kappa shape index (κ1) is 14.8. The van der Waals surface area contributed by atoms with E-state index in [9.17, 15) is 4.79 Å². The van der Waals surface area contributed by atoms with Crippen molar-refractivity contribution in [3.05, 3.63) is 0 Å². The van der Waals surface area contributed by atoms with Crippen LogP contribution in [0.5, 0.6) is 0 Å². The van der Waals surface area contributed by atoms with Crippen LogP contribution in [0.1, 0.15) is 51.9 Å². The van der Waals surface area contributed by atoms with Gasteiger partial charge in [-0.3, -0.25) is 4.79 Å². The summed E-state index contributed by atoms with van der Waals surface area (Å²) < 4.78 is 0. The summed E-state index contributed by atoms with van der Waals surface area (Å²) in [7, 11) is 0. The minimum Gasteiger partial charge on any atom is -0.353 e. The fourth-order valence-corrected chi connectivity index (χ4v) is 3.31. The third-order valence-corrected chi connectivity index (χ3v) is 4.53. The lowest BCUT2D eigenvalue weighted by Crippen LogP contribution is -2.41. The summed E-state index contributed by atoms with van der Waals surface area (Å²) in [4.78, 5) is 11.8. The smallest absolute Gasteiger partial charge is 0.221 e. The molecule has 1 amide bonds. The molecule has 0 radical (unpaired) electrons. The maximum Gasteiger partial charge on any atom is 0.221 e. The highest BCUT2D eigenvalue weighted by Gasteiger charge is 2.22. The Balaban J connectivity index is 2.25. The Bertz CT molecular complexity index is 235. The van der Waals surface area contributed by atoms with E-state index < -0.39 is 0 Å². The topological polar surface area (TPSA) is 55.1 Å². The lowest BCUT2D eigenvalue weighted by Gasteiger charge is -2.29. The standard InChI is InChI=1S/C13H26N2OS/c1-3-5-10(14)8-13(16)15-11-6-4-7-12(9-11)17-2/h10-12H,3-9,14H2,1-2H3,(H,15,16). The third kappa shape index (κ3) is 5.77. The number of hydrogen-bond acceptors (Lipinski definition) is 3. The molecular weight excluding hydrogens is 232 g/mol. The first-order valence-corrected chi connectivity index (χ1v) is 8.02. The van der Waals surface area contributed by atoms with E-state index in [1.54, 1.807) is 0 Å². The zero-order valence-electron chi connectivity index (χ0n) is 11.1. The van der Waals surface area contributed by atoms with E-state index in [4.69, 9.17) is 5.73 Å². The SMILES string of the molecule is CCCC(N)CC(=O)NC1CCCC(SC)C1. The van der Waals surface area contributed by atoms with Crippen molar-refractivity contribution in [3.8, 4) is 0 Å². The summed E-state index contributed by atoms with van der Waals surface area (Å²) in [5.74, 6) is 0.137. The molecule has 1 aliphatic carbocycles. The Morgan fingerprint density at radius 2 is 2.29 bits per heavy atom. The molecule has 3 nitrogen and oxygen atoms in total.